The molecule has 1 aliphatic rings. The molecule has 1 aliphatic carbocycles. The number of allylic oxidation sites excluding steroid dienone is 1. The molecule has 2 heteroatoms. The first-order valence-electron chi connectivity index (χ1n) is 5.25. The Balaban J connectivity index is 3.12. The highest BCUT2D eigenvalue weighted by molar-refractivity contribution is 5.97. The zero-order valence-corrected chi connectivity index (χ0v) is 9.55. The summed E-state index contributed by atoms with van der Waals surface area (Å²) in [7, 11) is 0. The van der Waals surface area contributed by atoms with E-state index < -0.39 is 0 Å². The van der Waals surface area contributed by atoms with Gasteiger partial charge in [-0.05, 0) is 30.3 Å². The maximum atomic E-state index is 11.6. The highest BCUT2D eigenvalue weighted by Gasteiger charge is 2.37. The van der Waals surface area contributed by atoms with Crippen LogP contribution in [0.3, 0.4) is 0 Å². The van der Waals surface area contributed by atoms with Gasteiger partial charge in [-0.3, -0.25) is 4.79 Å². The third kappa shape index (κ3) is 1.76. The Morgan fingerprint density at radius 3 is 2.57 bits per heavy atom. The summed E-state index contributed by atoms with van der Waals surface area (Å²) in [6, 6.07) is 0. The molecule has 0 spiro atoms. The second kappa shape index (κ2) is 3.85. The second-order valence-electron chi connectivity index (χ2n) is 4.83. The highest BCUT2D eigenvalue weighted by atomic mass is 16.3. The molecule has 0 fully saturated rings. The van der Waals surface area contributed by atoms with E-state index in [0.717, 1.165) is 11.1 Å². The second-order valence-corrected chi connectivity index (χ2v) is 4.83. The Kier molecular flexibility index (Phi) is 3.15. The molecule has 0 aromatic carbocycles. The van der Waals surface area contributed by atoms with Gasteiger partial charge in [-0.25, -0.2) is 0 Å². The fourth-order valence-electron chi connectivity index (χ4n) is 2.26. The molecule has 0 saturated heterocycles. The lowest BCUT2D eigenvalue weighted by atomic mass is 9.65. The summed E-state index contributed by atoms with van der Waals surface area (Å²) in [6.07, 6.45) is 1.28. The van der Waals surface area contributed by atoms with Crippen molar-refractivity contribution in [1.82, 2.24) is 0 Å². The third-order valence-electron chi connectivity index (χ3n) is 3.73. The first kappa shape index (κ1) is 11.4. The van der Waals surface area contributed by atoms with Crippen molar-refractivity contribution in [3.63, 3.8) is 0 Å². The van der Waals surface area contributed by atoms with Crippen LogP contribution >= 0.6 is 0 Å². The van der Waals surface area contributed by atoms with Crippen LogP contribution in [0.2, 0.25) is 0 Å². The Morgan fingerprint density at radius 1 is 1.50 bits per heavy atom. The maximum Gasteiger partial charge on any atom is 0.158 e. The molecule has 80 valence electrons. The van der Waals surface area contributed by atoms with Crippen molar-refractivity contribution >= 4 is 5.78 Å². The minimum Gasteiger partial charge on any atom is -0.396 e. The van der Waals surface area contributed by atoms with E-state index in [1.165, 1.54) is 0 Å². The van der Waals surface area contributed by atoms with E-state index in [2.05, 4.69) is 20.8 Å². The lowest BCUT2D eigenvalue weighted by Gasteiger charge is -2.39. The largest absolute Gasteiger partial charge is 0.396 e. The van der Waals surface area contributed by atoms with Crippen LogP contribution in [-0.4, -0.2) is 17.5 Å². The van der Waals surface area contributed by atoms with Gasteiger partial charge in [0.15, 0.2) is 5.78 Å². The van der Waals surface area contributed by atoms with Crippen molar-refractivity contribution in [2.75, 3.05) is 6.61 Å². The molecule has 1 rings (SSSR count). The molecule has 0 aliphatic heterocycles. The van der Waals surface area contributed by atoms with Gasteiger partial charge in [0.1, 0.15) is 0 Å². The molecule has 14 heavy (non-hydrogen) atoms. The van der Waals surface area contributed by atoms with Gasteiger partial charge < -0.3 is 5.11 Å². The summed E-state index contributed by atoms with van der Waals surface area (Å²) in [5.41, 5.74) is 2.08. The number of carbonyl (C=O) groups is 1. The minimum atomic E-state index is 0.0563. The normalized spacial score (nSPS) is 26.9. The summed E-state index contributed by atoms with van der Waals surface area (Å²) in [5.74, 6) is 0.625. The van der Waals surface area contributed by atoms with Crippen molar-refractivity contribution in [2.24, 2.45) is 11.3 Å². The zero-order valence-electron chi connectivity index (χ0n) is 9.55. The summed E-state index contributed by atoms with van der Waals surface area (Å²) in [4.78, 5) is 11.6. The van der Waals surface area contributed by atoms with Gasteiger partial charge in [-0.15, -0.1) is 0 Å². The van der Waals surface area contributed by atoms with Gasteiger partial charge in [0.25, 0.3) is 0 Å². The third-order valence-corrected chi connectivity index (χ3v) is 3.73. The molecule has 0 saturated carbocycles. The molecular formula is C12H20O2. The monoisotopic (exact) mass is 196 g/mol. The van der Waals surface area contributed by atoms with Crippen molar-refractivity contribution in [3.05, 3.63) is 11.1 Å². The average Bonchev–Trinajstić information content (AvgIpc) is 2.10. The van der Waals surface area contributed by atoms with Gasteiger partial charge in [0, 0.05) is 13.0 Å². The summed E-state index contributed by atoms with van der Waals surface area (Å²) in [5, 5.41) is 9.00. The van der Waals surface area contributed by atoms with Gasteiger partial charge in [0.05, 0.1) is 0 Å². The van der Waals surface area contributed by atoms with E-state index in [4.69, 9.17) is 5.11 Å². The Hall–Kier alpha value is -0.630. The smallest absolute Gasteiger partial charge is 0.158 e. The zero-order chi connectivity index (χ0) is 10.9. The van der Waals surface area contributed by atoms with E-state index in [9.17, 15) is 4.79 Å². The van der Waals surface area contributed by atoms with Crippen molar-refractivity contribution < 1.29 is 9.90 Å². The van der Waals surface area contributed by atoms with E-state index in [1.54, 1.807) is 0 Å². The number of carbonyl (C=O) groups excluding carboxylic acids is 1. The molecule has 2 nitrogen and oxygen atoms in total. The van der Waals surface area contributed by atoms with E-state index in [0.29, 0.717) is 18.8 Å². The number of rotatable bonds is 2. The van der Waals surface area contributed by atoms with Crippen LogP contribution in [0.4, 0.5) is 0 Å². The number of hydrogen-bond acceptors (Lipinski definition) is 2. The number of ketones is 1. The predicted octanol–water partition coefficient (Wildman–Crippen LogP) is 2.32. The molecule has 1 atom stereocenters. The number of hydrogen-bond donors (Lipinski definition) is 1. The molecule has 0 amide bonds. The Morgan fingerprint density at radius 2 is 2.07 bits per heavy atom. The van der Waals surface area contributed by atoms with Gasteiger partial charge >= 0.3 is 0 Å². The first-order valence-corrected chi connectivity index (χ1v) is 5.25. The fraction of sp³-hybridized carbons (Fsp3) is 0.750. The molecule has 0 aromatic rings. The molecule has 1 N–H and O–H groups in total. The molecular weight excluding hydrogens is 176 g/mol. The van der Waals surface area contributed by atoms with Crippen LogP contribution in [-0.2, 0) is 4.79 Å². The fourth-order valence-corrected chi connectivity index (χ4v) is 2.26. The van der Waals surface area contributed by atoms with Crippen molar-refractivity contribution in [2.45, 2.75) is 40.5 Å². The SMILES string of the molecule is CC1=C(CCO)C(C)(C)C(C)CC1=O. The lowest BCUT2D eigenvalue weighted by molar-refractivity contribution is -0.118. The predicted molar refractivity (Wildman–Crippen MR) is 57.0 cm³/mol. The van der Waals surface area contributed by atoms with Gasteiger partial charge in [-0.1, -0.05) is 26.3 Å². The summed E-state index contributed by atoms with van der Waals surface area (Å²) in [6.45, 7) is 8.47. The first-order chi connectivity index (χ1) is 6.41. The number of aliphatic hydroxyl groups excluding tert-OH is 1. The number of aliphatic hydroxyl groups is 1. The maximum absolute atomic E-state index is 11.6. The summed E-state index contributed by atoms with van der Waals surface area (Å²) < 4.78 is 0. The topological polar surface area (TPSA) is 37.3 Å². The average molecular weight is 196 g/mol. The minimum absolute atomic E-state index is 0.0563. The van der Waals surface area contributed by atoms with Gasteiger partial charge in [-0.2, -0.15) is 0 Å². The lowest BCUT2D eigenvalue weighted by Crippen LogP contribution is -2.33. The van der Waals surface area contributed by atoms with Crippen LogP contribution in [0, 0.1) is 11.3 Å². The van der Waals surface area contributed by atoms with Crippen LogP contribution in [0.1, 0.15) is 40.5 Å². The number of Topliss-reactive ketones (excluding diaryl/α,β-unsaturated/α-hetero) is 1. The Bertz CT molecular complexity index is 274. The molecule has 0 heterocycles. The Labute approximate surface area is 86.0 Å². The van der Waals surface area contributed by atoms with E-state index >= 15 is 0 Å². The van der Waals surface area contributed by atoms with Crippen molar-refractivity contribution in [1.29, 1.82) is 0 Å². The highest BCUT2D eigenvalue weighted by Crippen LogP contribution is 2.44. The quantitative estimate of drug-likeness (QED) is 0.736. The standard InChI is InChI=1S/C12H20O2/c1-8-7-11(14)9(2)10(5-6-13)12(8,3)4/h8,13H,5-7H2,1-4H3. The summed E-state index contributed by atoms with van der Waals surface area (Å²) >= 11 is 0. The van der Waals surface area contributed by atoms with Crippen molar-refractivity contribution in [3.8, 4) is 0 Å². The van der Waals surface area contributed by atoms with Crippen LogP contribution in [0.25, 0.3) is 0 Å². The molecule has 0 radical (unpaired) electrons. The molecule has 1 unspecified atom stereocenters. The van der Waals surface area contributed by atoms with Crippen LogP contribution < -0.4 is 0 Å². The van der Waals surface area contributed by atoms with E-state index in [-0.39, 0.29) is 17.8 Å². The van der Waals surface area contributed by atoms with Gasteiger partial charge in [0.2, 0.25) is 0 Å². The van der Waals surface area contributed by atoms with E-state index in [1.807, 2.05) is 6.92 Å². The van der Waals surface area contributed by atoms with Crippen LogP contribution in [0.15, 0.2) is 11.1 Å². The molecule has 0 aromatic heterocycles. The van der Waals surface area contributed by atoms with Crippen LogP contribution in [0.5, 0.6) is 0 Å². The molecule has 0 bridgehead atoms.